The Kier molecular flexibility index (Phi) is 4.51. The van der Waals surface area contributed by atoms with Gasteiger partial charge in [0, 0.05) is 12.6 Å². The van der Waals surface area contributed by atoms with Crippen LogP contribution in [0.2, 0.25) is 0 Å². The quantitative estimate of drug-likeness (QED) is 0.687. The van der Waals surface area contributed by atoms with Gasteiger partial charge >= 0.3 is 0 Å². The molecule has 15 heavy (non-hydrogen) atoms. The van der Waals surface area contributed by atoms with Crippen LogP contribution in [0.5, 0.6) is 0 Å². The molecule has 0 radical (unpaired) electrons. The molecule has 1 heterocycles. The summed E-state index contributed by atoms with van der Waals surface area (Å²) in [6.45, 7) is 3.93. The first-order valence-electron chi connectivity index (χ1n) is 5.19. The molecule has 6 heteroatoms. The van der Waals surface area contributed by atoms with Crippen molar-refractivity contribution in [2.24, 2.45) is 0 Å². The van der Waals surface area contributed by atoms with Gasteiger partial charge in [0.05, 0.1) is 12.4 Å². The normalized spacial score (nSPS) is 21.5. The summed E-state index contributed by atoms with van der Waals surface area (Å²) >= 11 is 0. The van der Waals surface area contributed by atoms with E-state index >= 15 is 0 Å². The second-order valence-electron chi connectivity index (χ2n) is 4.22. The van der Waals surface area contributed by atoms with Gasteiger partial charge in [0.15, 0.2) is 0 Å². The Morgan fingerprint density at radius 1 is 1.40 bits per heavy atom. The van der Waals surface area contributed by atoms with Gasteiger partial charge in [-0.2, -0.15) is 0 Å². The summed E-state index contributed by atoms with van der Waals surface area (Å²) in [6, 6.07) is 0. The molecular weight excluding hydrogens is 216 g/mol. The van der Waals surface area contributed by atoms with Gasteiger partial charge in [0.1, 0.15) is 0 Å². The van der Waals surface area contributed by atoms with Crippen molar-refractivity contribution in [3.05, 3.63) is 0 Å². The summed E-state index contributed by atoms with van der Waals surface area (Å²) in [4.78, 5) is 0. The first-order chi connectivity index (χ1) is 6.97. The van der Waals surface area contributed by atoms with Crippen LogP contribution in [0.15, 0.2) is 0 Å². The predicted octanol–water partition coefficient (Wildman–Crippen LogP) is -0.306. The Morgan fingerprint density at radius 3 is 2.53 bits per heavy atom. The van der Waals surface area contributed by atoms with E-state index in [9.17, 15) is 8.42 Å². The van der Waals surface area contributed by atoms with Crippen LogP contribution in [0.25, 0.3) is 0 Å². The molecule has 0 aromatic carbocycles. The third-order valence-electron chi connectivity index (χ3n) is 2.67. The highest BCUT2D eigenvalue weighted by atomic mass is 32.2. The lowest BCUT2D eigenvalue weighted by molar-refractivity contribution is 0.216. The molecule has 1 saturated heterocycles. The summed E-state index contributed by atoms with van der Waals surface area (Å²) in [5, 5.41) is 3.21. The van der Waals surface area contributed by atoms with Crippen LogP contribution in [-0.2, 0) is 14.8 Å². The number of hydrogen-bond acceptors (Lipinski definition) is 4. The minimum absolute atomic E-state index is 0.0342. The lowest BCUT2D eigenvalue weighted by Gasteiger charge is -2.34. The largest absolute Gasteiger partial charge is 0.384 e. The molecule has 0 spiro atoms. The highest BCUT2D eigenvalue weighted by Gasteiger charge is 2.30. The minimum Gasteiger partial charge on any atom is -0.384 e. The Bertz CT molecular complexity index is 284. The van der Waals surface area contributed by atoms with Crippen molar-refractivity contribution in [3.8, 4) is 0 Å². The van der Waals surface area contributed by atoms with Crippen LogP contribution in [0.1, 0.15) is 19.8 Å². The molecule has 1 aliphatic heterocycles. The molecule has 2 N–H and O–H groups in total. The van der Waals surface area contributed by atoms with Gasteiger partial charge in [0.2, 0.25) is 10.0 Å². The van der Waals surface area contributed by atoms with Gasteiger partial charge in [-0.25, -0.2) is 13.1 Å². The lowest BCUT2D eigenvalue weighted by atomic mass is 9.92. The van der Waals surface area contributed by atoms with E-state index in [0.717, 1.165) is 25.9 Å². The van der Waals surface area contributed by atoms with Crippen molar-refractivity contribution in [3.63, 3.8) is 0 Å². The standard InChI is InChI=1S/C9H20N2O3S/c1-9(3-5-10-6-4-9)11-15(12,13)8-7-14-2/h10-11H,3-8H2,1-2H3. The summed E-state index contributed by atoms with van der Waals surface area (Å²) in [7, 11) is -1.70. The smallest absolute Gasteiger partial charge is 0.214 e. The Labute approximate surface area is 91.6 Å². The summed E-state index contributed by atoms with van der Waals surface area (Å²) in [6.07, 6.45) is 1.67. The van der Waals surface area contributed by atoms with Gasteiger partial charge in [0.25, 0.3) is 0 Å². The molecule has 0 aromatic heterocycles. The fraction of sp³-hybridized carbons (Fsp3) is 1.00. The molecule has 1 aliphatic rings. The molecule has 0 aromatic rings. The van der Waals surface area contributed by atoms with Gasteiger partial charge in [-0.1, -0.05) is 0 Å². The zero-order valence-corrected chi connectivity index (χ0v) is 10.2. The second kappa shape index (κ2) is 5.25. The summed E-state index contributed by atoms with van der Waals surface area (Å²) in [5.74, 6) is 0.0342. The van der Waals surface area contributed by atoms with Crippen molar-refractivity contribution in [2.75, 3.05) is 32.6 Å². The number of methoxy groups -OCH3 is 1. The molecule has 0 bridgehead atoms. The molecule has 90 valence electrons. The Hall–Kier alpha value is -0.170. The molecule has 0 aliphatic carbocycles. The summed E-state index contributed by atoms with van der Waals surface area (Å²) in [5.41, 5.74) is -0.294. The molecule has 1 rings (SSSR count). The van der Waals surface area contributed by atoms with Crippen molar-refractivity contribution in [1.82, 2.24) is 10.0 Å². The monoisotopic (exact) mass is 236 g/mol. The molecular formula is C9H20N2O3S. The van der Waals surface area contributed by atoms with E-state index in [-0.39, 0.29) is 17.9 Å². The topological polar surface area (TPSA) is 67.4 Å². The molecule has 0 unspecified atom stereocenters. The maximum absolute atomic E-state index is 11.7. The predicted molar refractivity (Wildman–Crippen MR) is 59.3 cm³/mol. The van der Waals surface area contributed by atoms with Crippen LogP contribution in [0.3, 0.4) is 0 Å². The van der Waals surface area contributed by atoms with Crippen molar-refractivity contribution >= 4 is 10.0 Å². The number of nitrogens with one attached hydrogen (secondary N) is 2. The van der Waals surface area contributed by atoms with Crippen molar-refractivity contribution in [2.45, 2.75) is 25.3 Å². The van der Waals surface area contributed by atoms with Gasteiger partial charge in [-0.15, -0.1) is 0 Å². The van der Waals surface area contributed by atoms with Crippen LogP contribution in [0.4, 0.5) is 0 Å². The second-order valence-corrected chi connectivity index (χ2v) is 6.07. The Morgan fingerprint density at radius 2 is 2.00 bits per heavy atom. The minimum atomic E-state index is -3.20. The van der Waals surface area contributed by atoms with Crippen LogP contribution >= 0.6 is 0 Å². The fourth-order valence-electron chi connectivity index (χ4n) is 1.70. The SMILES string of the molecule is COCCS(=O)(=O)NC1(C)CCNCC1. The highest BCUT2D eigenvalue weighted by molar-refractivity contribution is 7.89. The molecule has 0 amide bonds. The summed E-state index contributed by atoms with van der Waals surface area (Å²) < 4.78 is 30.8. The first-order valence-corrected chi connectivity index (χ1v) is 6.84. The third kappa shape index (κ3) is 4.46. The molecule has 1 fully saturated rings. The lowest BCUT2D eigenvalue weighted by Crippen LogP contribution is -2.53. The Balaban J connectivity index is 2.51. The van der Waals surface area contributed by atoms with Gasteiger partial charge in [-0.3, -0.25) is 0 Å². The number of hydrogen-bond donors (Lipinski definition) is 2. The zero-order valence-electron chi connectivity index (χ0n) is 9.38. The maximum atomic E-state index is 11.7. The van der Waals surface area contributed by atoms with E-state index in [0.29, 0.717) is 0 Å². The third-order valence-corrected chi connectivity index (χ3v) is 4.17. The molecule has 0 saturated carbocycles. The first kappa shape index (κ1) is 12.9. The molecule has 5 nitrogen and oxygen atoms in total. The number of sulfonamides is 1. The van der Waals surface area contributed by atoms with Crippen LogP contribution in [-0.4, -0.2) is 46.5 Å². The van der Waals surface area contributed by atoms with Gasteiger partial charge in [-0.05, 0) is 32.9 Å². The van der Waals surface area contributed by atoms with Crippen molar-refractivity contribution in [1.29, 1.82) is 0 Å². The van der Waals surface area contributed by atoms with E-state index in [1.807, 2.05) is 6.92 Å². The maximum Gasteiger partial charge on any atom is 0.214 e. The van der Waals surface area contributed by atoms with Crippen molar-refractivity contribution < 1.29 is 13.2 Å². The van der Waals surface area contributed by atoms with E-state index in [2.05, 4.69) is 10.0 Å². The number of ether oxygens (including phenoxy) is 1. The highest BCUT2D eigenvalue weighted by Crippen LogP contribution is 2.18. The zero-order chi connectivity index (χ0) is 11.4. The van der Waals surface area contributed by atoms with E-state index < -0.39 is 10.0 Å². The number of piperidine rings is 1. The van der Waals surface area contributed by atoms with E-state index in [4.69, 9.17) is 4.74 Å². The average Bonchev–Trinajstić information content (AvgIpc) is 2.14. The molecule has 0 atom stereocenters. The number of rotatable bonds is 5. The van der Waals surface area contributed by atoms with Crippen LogP contribution in [0, 0.1) is 0 Å². The average molecular weight is 236 g/mol. The van der Waals surface area contributed by atoms with E-state index in [1.54, 1.807) is 0 Å². The van der Waals surface area contributed by atoms with E-state index in [1.165, 1.54) is 7.11 Å². The van der Waals surface area contributed by atoms with Gasteiger partial charge < -0.3 is 10.1 Å². The van der Waals surface area contributed by atoms with Crippen LogP contribution < -0.4 is 10.0 Å². The fourth-order valence-corrected chi connectivity index (χ4v) is 3.14.